The van der Waals surface area contributed by atoms with Gasteiger partial charge in [-0.25, -0.2) is 0 Å². The van der Waals surface area contributed by atoms with Crippen molar-refractivity contribution in [2.24, 2.45) is 0 Å². The van der Waals surface area contributed by atoms with E-state index in [1.54, 1.807) is 15.6 Å². The highest BCUT2D eigenvalue weighted by atomic mass is 29.3. The van der Waals surface area contributed by atoms with Crippen LogP contribution in [0.3, 0.4) is 0 Å². The summed E-state index contributed by atoms with van der Waals surface area (Å²) in [5.74, 6) is 0. The Morgan fingerprint density at radius 2 is 0.658 bits per heavy atom. The van der Waals surface area contributed by atoms with Crippen LogP contribution in [0.2, 0.25) is 18.1 Å². The lowest BCUT2D eigenvalue weighted by Gasteiger charge is -2.50. The average molecular weight is 525 g/mol. The molecule has 6 aromatic carbocycles. The largest absolute Gasteiger partial charge is 0.142 e. The average Bonchev–Trinajstić information content (AvgIpc) is 2.99. The molecule has 0 saturated heterocycles. The van der Waals surface area contributed by atoms with Crippen molar-refractivity contribution in [2.45, 2.75) is 38.9 Å². The molecule has 0 amide bonds. The smallest absolute Gasteiger partial charge is 0.0679 e. The van der Waals surface area contributed by atoms with Crippen LogP contribution >= 0.6 is 0 Å². The summed E-state index contributed by atoms with van der Waals surface area (Å²) in [6.45, 7) is 7.51. The second kappa shape index (κ2) is 10.0. The first-order valence-electron chi connectivity index (χ1n) is 14.1. The number of rotatable bonds is 7. The molecule has 0 bridgehead atoms. The van der Waals surface area contributed by atoms with E-state index in [1.165, 1.54) is 50.4 Å². The number of hydrogen-bond acceptors (Lipinski definition) is 0. The summed E-state index contributed by atoms with van der Waals surface area (Å²) in [6, 6.07) is 52.7. The Kier molecular flexibility index (Phi) is 6.55. The van der Waals surface area contributed by atoms with Gasteiger partial charge in [-0.1, -0.05) is 166 Å². The molecule has 0 atom stereocenters. The fourth-order valence-corrected chi connectivity index (χ4v) is 28.0. The van der Waals surface area contributed by atoms with Crippen LogP contribution < -0.4 is 15.6 Å². The zero-order chi connectivity index (χ0) is 26.2. The Bertz CT molecular complexity index is 1530. The van der Waals surface area contributed by atoms with Gasteiger partial charge < -0.3 is 0 Å². The molecule has 0 aliphatic rings. The highest BCUT2D eigenvalue weighted by Crippen LogP contribution is 2.36. The molecule has 0 radical (unpaired) electrons. The van der Waals surface area contributed by atoms with E-state index in [4.69, 9.17) is 0 Å². The molecule has 6 aromatic rings. The van der Waals surface area contributed by atoms with Gasteiger partial charge in [-0.2, -0.15) is 0 Å². The molecule has 0 heterocycles. The molecular formula is C36H36Si2. The Morgan fingerprint density at radius 1 is 0.368 bits per heavy atom. The SMILES string of the molecule is CC[Si](CC)(CC)[Si](c1cccc2ccccc12)(c1cccc2ccccc12)c1cccc2ccccc12. The van der Waals surface area contributed by atoms with E-state index in [1.807, 2.05) is 0 Å². The second-order valence-electron chi connectivity index (χ2n) is 10.7. The normalized spacial score (nSPS) is 12.4. The van der Waals surface area contributed by atoms with E-state index in [-0.39, 0.29) is 0 Å². The van der Waals surface area contributed by atoms with Gasteiger partial charge in [-0.15, -0.1) is 0 Å². The number of hydrogen-bond donors (Lipinski definition) is 0. The van der Waals surface area contributed by atoms with Crippen molar-refractivity contribution < 1.29 is 0 Å². The van der Waals surface area contributed by atoms with Crippen molar-refractivity contribution in [2.75, 3.05) is 0 Å². The summed E-state index contributed by atoms with van der Waals surface area (Å²) in [4.78, 5) is 0. The molecule has 0 spiro atoms. The van der Waals surface area contributed by atoms with Crippen LogP contribution in [0, 0.1) is 0 Å². The van der Waals surface area contributed by atoms with Crippen molar-refractivity contribution in [1.82, 2.24) is 0 Å². The molecule has 0 unspecified atom stereocenters. The monoisotopic (exact) mass is 524 g/mol. The summed E-state index contributed by atoms with van der Waals surface area (Å²) < 4.78 is 0. The molecule has 0 nitrogen and oxygen atoms in total. The summed E-state index contributed by atoms with van der Waals surface area (Å²) >= 11 is 0. The summed E-state index contributed by atoms with van der Waals surface area (Å²) in [5, 5.41) is 13.2. The van der Waals surface area contributed by atoms with Gasteiger partial charge in [0.2, 0.25) is 0 Å². The minimum atomic E-state index is -2.56. The lowest BCUT2D eigenvalue weighted by Crippen LogP contribution is -2.82. The zero-order valence-electron chi connectivity index (χ0n) is 22.7. The third-order valence-corrected chi connectivity index (χ3v) is 29.2. The lowest BCUT2D eigenvalue weighted by atomic mass is 10.1. The van der Waals surface area contributed by atoms with Crippen LogP contribution in [-0.4, -0.2) is 15.2 Å². The fourth-order valence-electron chi connectivity index (χ4n) is 7.50. The van der Waals surface area contributed by atoms with E-state index in [2.05, 4.69) is 148 Å². The Hall–Kier alpha value is -3.47. The van der Waals surface area contributed by atoms with E-state index in [0.717, 1.165) is 0 Å². The predicted molar refractivity (Wildman–Crippen MR) is 174 cm³/mol. The molecule has 38 heavy (non-hydrogen) atoms. The number of fused-ring (bicyclic) bond motifs is 3. The minimum Gasteiger partial charge on any atom is -0.0679 e. The van der Waals surface area contributed by atoms with Crippen molar-refractivity contribution >= 4 is 63.1 Å². The van der Waals surface area contributed by atoms with Gasteiger partial charge in [0.05, 0.1) is 7.59 Å². The van der Waals surface area contributed by atoms with Crippen molar-refractivity contribution in [3.05, 3.63) is 127 Å². The maximum atomic E-state index is 2.51. The van der Waals surface area contributed by atoms with E-state index < -0.39 is 15.2 Å². The first kappa shape index (κ1) is 24.8. The van der Waals surface area contributed by atoms with Crippen molar-refractivity contribution in [1.29, 1.82) is 0 Å². The molecular weight excluding hydrogens is 489 g/mol. The third-order valence-electron chi connectivity index (χ3n) is 9.41. The molecule has 0 N–H and O–H groups in total. The first-order valence-corrected chi connectivity index (χ1v) is 19.8. The fraction of sp³-hybridized carbons (Fsp3) is 0.167. The van der Waals surface area contributed by atoms with E-state index in [0.29, 0.717) is 0 Å². The van der Waals surface area contributed by atoms with Crippen molar-refractivity contribution in [3.63, 3.8) is 0 Å². The Labute approximate surface area is 228 Å². The molecule has 0 saturated carbocycles. The first-order chi connectivity index (χ1) is 18.7. The minimum absolute atomic E-state index is 1.28. The van der Waals surface area contributed by atoms with Crippen LogP contribution in [0.4, 0.5) is 0 Å². The van der Waals surface area contributed by atoms with Gasteiger partial charge in [0.25, 0.3) is 0 Å². The van der Waals surface area contributed by atoms with Gasteiger partial charge in [-0.05, 0) is 47.9 Å². The lowest BCUT2D eigenvalue weighted by molar-refractivity contribution is 1.21. The van der Waals surface area contributed by atoms with E-state index in [9.17, 15) is 0 Å². The van der Waals surface area contributed by atoms with Crippen LogP contribution in [0.25, 0.3) is 32.3 Å². The highest BCUT2D eigenvalue weighted by Gasteiger charge is 2.56. The van der Waals surface area contributed by atoms with Crippen molar-refractivity contribution in [3.8, 4) is 0 Å². The van der Waals surface area contributed by atoms with Crippen LogP contribution in [0.15, 0.2) is 127 Å². The van der Waals surface area contributed by atoms with Gasteiger partial charge >= 0.3 is 0 Å². The molecule has 6 rings (SSSR count). The Balaban J connectivity index is 1.94. The summed E-state index contributed by atoms with van der Waals surface area (Å²) in [5.41, 5.74) is 0. The van der Waals surface area contributed by atoms with Crippen LogP contribution in [0.1, 0.15) is 20.8 Å². The highest BCUT2D eigenvalue weighted by molar-refractivity contribution is 7.57. The summed E-state index contributed by atoms with van der Waals surface area (Å²) in [7, 11) is -4.49. The van der Waals surface area contributed by atoms with Gasteiger partial charge in [-0.3, -0.25) is 0 Å². The topological polar surface area (TPSA) is 0 Å². The molecule has 2 heteroatoms. The third kappa shape index (κ3) is 3.54. The van der Waals surface area contributed by atoms with Crippen LogP contribution in [0.5, 0.6) is 0 Å². The quantitative estimate of drug-likeness (QED) is 0.146. The van der Waals surface area contributed by atoms with Gasteiger partial charge in [0.15, 0.2) is 0 Å². The Morgan fingerprint density at radius 3 is 0.974 bits per heavy atom. The molecule has 0 aliphatic heterocycles. The van der Waals surface area contributed by atoms with Gasteiger partial charge in [0, 0.05) is 0 Å². The molecule has 0 aliphatic carbocycles. The standard InChI is InChI=1S/C36H36Si2/c1-4-37(5-2,6-3)38(34-25-13-19-28-16-7-10-22-31(28)34,35-26-14-20-29-17-8-11-23-32(29)35)36-27-15-21-30-18-9-12-24-33(30)36/h7-27H,4-6H2,1-3H3. The predicted octanol–water partition coefficient (Wildman–Crippen LogP) is 8.20. The van der Waals surface area contributed by atoms with Gasteiger partial charge in [0.1, 0.15) is 7.59 Å². The molecule has 0 aromatic heterocycles. The second-order valence-corrected chi connectivity index (χ2v) is 23.9. The molecule has 188 valence electrons. The maximum absolute atomic E-state index is 2.56. The van der Waals surface area contributed by atoms with Crippen LogP contribution in [-0.2, 0) is 0 Å². The van der Waals surface area contributed by atoms with E-state index >= 15 is 0 Å². The summed E-state index contributed by atoms with van der Waals surface area (Å²) in [6.07, 6.45) is 0. The zero-order valence-corrected chi connectivity index (χ0v) is 24.7. The maximum Gasteiger partial charge on any atom is 0.142 e. The number of benzene rings is 6. The molecule has 0 fully saturated rings.